The van der Waals surface area contributed by atoms with Crippen molar-refractivity contribution in [2.24, 2.45) is 11.7 Å². The molecule has 0 aliphatic heterocycles. The van der Waals surface area contributed by atoms with E-state index in [9.17, 15) is 4.79 Å². The van der Waals surface area contributed by atoms with Crippen LogP contribution in [0.3, 0.4) is 0 Å². The molecular formula is C8H13NO. The number of carbonyl (C=O) groups is 1. The molecule has 0 radical (unpaired) electrons. The molecule has 0 heterocycles. The summed E-state index contributed by atoms with van der Waals surface area (Å²) in [6, 6.07) is 0.263. The topological polar surface area (TPSA) is 43.1 Å². The predicted molar refractivity (Wildman–Crippen MR) is 40.5 cm³/mol. The Morgan fingerprint density at radius 2 is 2.50 bits per heavy atom. The third kappa shape index (κ3) is 1.45. The molecule has 1 aliphatic carbocycles. The van der Waals surface area contributed by atoms with Crippen LogP contribution >= 0.6 is 0 Å². The van der Waals surface area contributed by atoms with E-state index in [1.54, 1.807) is 0 Å². The first-order valence-electron chi connectivity index (χ1n) is 3.65. The van der Waals surface area contributed by atoms with Gasteiger partial charge in [-0.2, -0.15) is 0 Å². The van der Waals surface area contributed by atoms with Gasteiger partial charge in [0.1, 0.15) is 6.29 Å². The van der Waals surface area contributed by atoms with Gasteiger partial charge in [0, 0.05) is 6.04 Å². The average Bonchev–Trinajstić information content (AvgIpc) is 1.88. The monoisotopic (exact) mass is 139 g/mol. The largest absolute Gasteiger partial charge is 0.327 e. The maximum Gasteiger partial charge on any atom is 0.145 e. The molecule has 2 heteroatoms. The zero-order chi connectivity index (χ0) is 7.56. The van der Waals surface area contributed by atoms with Gasteiger partial charge in [0.15, 0.2) is 0 Å². The Kier molecular flexibility index (Phi) is 2.22. The molecule has 2 N–H and O–H groups in total. The Labute approximate surface area is 61.1 Å². The molecule has 0 aromatic heterocycles. The molecule has 56 valence electrons. The quantitative estimate of drug-likeness (QED) is 0.548. The Morgan fingerprint density at radius 3 is 3.00 bits per heavy atom. The first kappa shape index (κ1) is 7.48. The molecule has 0 aromatic carbocycles. The molecule has 0 saturated carbocycles. The van der Waals surface area contributed by atoms with Crippen molar-refractivity contribution >= 4 is 6.29 Å². The Balaban J connectivity index is 2.65. The van der Waals surface area contributed by atoms with Gasteiger partial charge in [-0.1, -0.05) is 13.0 Å². The molecule has 1 aliphatic rings. The minimum absolute atomic E-state index is 0.263. The number of rotatable bonds is 1. The highest BCUT2D eigenvalue weighted by Crippen LogP contribution is 2.21. The minimum Gasteiger partial charge on any atom is -0.327 e. The van der Waals surface area contributed by atoms with E-state index in [1.807, 2.05) is 13.0 Å². The van der Waals surface area contributed by atoms with Crippen molar-refractivity contribution < 1.29 is 4.79 Å². The van der Waals surface area contributed by atoms with E-state index in [2.05, 4.69) is 0 Å². The number of allylic oxidation sites excluding steroid dienone is 1. The Hall–Kier alpha value is -0.630. The first-order valence-corrected chi connectivity index (χ1v) is 3.65. The zero-order valence-electron chi connectivity index (χ0n) is 6.21. The summed E-state index contributed by atoms with van der Waals surface area (Å²) in [5.41, 5.74) is 6.60. The van der Waals surface area contributed by atoms with Gasteiger partial charge >= 0.3 is 0 Å². The summed E-state index contributed by atoms with van der Waals surface area (Å²) in [7, 11) is 0. The third-order valence-corrected chi connectivity index (χ3v) is 2.02. The van der Waals surface area contributed by atoms with Gasteiger partial charge in [0.25, 0.3) is 0 Å². The summed E-state index contributed by atoms with van der Waals surface area (Å²) >= 11 is 0. The molecular weight excluding hydrogens is 126 g/mol. The van der Waals surface area contributed by atoms with Gasteiger partial charge in [-0.15, -0.1) is 0 Å². The van der Waals surface area contributed by atoms with Crippen LogP contribution in [0.15, 0.2) is 11.6 Å². The summed E-state index contributed by atoms with van der Waals surface area (Å²) in [6.45, 7) is 2.04. The number of nitrogens with two attached hydrogens (primary N) is 1. The maximum atomic E-state index is 10.4. The van der Waals surface area contributed by atoms with Crippen LogP contribution in [-0.2, 0) is 4.79 Å². The van der Waals surface area contributed by atoms with Crippen molar-refractivity contribution in [2.45, 2.75) is 25.8 Å². The highest BCUT2D eigenvalue weighted by Gasteiger charge is 2.16. The van der Waals surface area contributed by atoms with Crippen LogP contribution in [0.4, 0.5) is 0 Å². The van der Waals surface area contributed by atoms with E-state index in [0.29, 0.717) is 5.92 Å². The second kappa shape index (κ2) is 2.97. The lowest BCUT2D eigenvalue weighted by atomic mass is 9.87. The molecule has 0 bridgehead atoms. The van der Waals surface area contributed by atoms with E-state index in [4.69, 9.17) is 5.73 Å². The molecule has 0 aromatic rings. The zero-order valence-corrected chi connectivity index (χ0v) is 6.21. The smallest absolute Gasteiger partial charge is 0.145 e. The molecule has 1 rings (SSSR count). The van der Waals surface area contributed by atoms with Gasteiger partial charge in [-0.05, 0) is 24.3 Å². The average molecular weight is 139 g/mol. The fourth-order valence-electron chi connectivity index (χ4n) is 1.34. The summed E-state index contributed by atoms with van der Waals surface area (Å²) < 4.78 is 0. The molecule has 2 unspecified atom stereocenters. The van der Waals surface area contributed by atoms with Gasteiger partial charge in [0.05, 0.1) is 0 Å². The fraction of sp³-hybridized carbons (Fsp3) is 0.625. The van der Waals surface area contributed by atoms with Gasteiger partial charge in [0.2, 0.25) is 0 Å². The standard InChI is InChI=1S/C8H13NO/c1-6-4-8(9)3-2-7(6)5-10/h2,5-6,8H,3-4,9H2,1H3. The lowest BCUT2D eigenvalue weighted by Gasteiger charge is -2.21. The predicted octanol–water partition coefficient (Wildman–Crippen LogP) is 0.869. The minimum atomic E-state index is 0.263. The highest BCUT2D eigenvalue weighted by atomic mass is 16.1. The molecule has 0 spiro atoms. The SMILES string of the molecule is CC1CC(N)CC=C1C=O. The maximum absolute atomic E-state index is 10.4. The lowest BCUT2D eigenvalue weighted by Crippen LogP contribution is -2.26. The van der Waals surface area contributed by atoms with Crippen LogP contribution in [0.1, 0.15) is 19.8 Å². The lowest BCUT2D eigenvalue weighted by molar-refractivity contribution is -0.105. The van der Waals surface area contributed by atoms with E-state index >= 15 is 0 Å². The second-order valence-corrected chi connectivity index (χ2v) is 2.95. The van der Waals surface area contributed by atoms with Gasteiger partial charge in [-0.3, -0.25) is 4.79 Å². The number of carbonyl (C=O) groups excluding carboxylic acids is 1. The molecule has 0 saturated heterocycles. The van der Waals surface area contributed by atoms with Crippen molar-refractivity contribution in [3.63, 3.8) is 0 Å². The van der Waals surface area contributed by atoms with Crippen molar-refractivity contribution in [3.05, 3.63) is 11.6 Å². The summed E-state index contributed by atoms with van der Waals surface area (Å²) in [6.07, 6.45) is 4.70. The highest BCUT2D eigenvalue weighted by molar-refractivity contribution is 5.74. The van der Waals surface area contributed by atoms with Crippen LogP contribution in [0.5, 0.6) is 0 Å². The Morgan fingerprint density at radius 1 is 1.80 bits per heavy atom. The first-order chi connectivity index (χ1) is 4.74. The summed E-state index contributed by atoms with van der Waals surface area (Å²) in [5, 5.41) is 0. The third-order valence-electron chi connectivity index (χ3n) is 2.02. The summed E-state index contributed by atoms with van der Waals surface area (Å²) in [4.78, 5) is 10.4. The summed E-state index contributed by atoms with van der Waals surface area (Å²) in [5.74, 6) is 0.362. The van der Waals surface area contributed by atoms with Crippen molar-refractivity contribution in [3.8, 4) is 0 Å². The van der Waals surface area contributed by atoms with Crippen LogP contribution in [0.25, 0.3) is 0 Å². The van der Waals surface area contributed by atoms with Crippen molar-refractivity contribution in [1.82, 2.24) is 0 Å². The molecule has 2 atom stereocenters. The van der Waals surface area contributed by atoms with E-state index in [0.717, 1.165) is 24.7 Å². The molecule has 0 fully saturated rings. The number of hydrogen-bond acceptors (Lipinski definition) is 2. The second-order valence-electron chi connectivity index (χ2n) is 2.95. The van der Waals surface area contributed by atoms with E-state index in [1.165, 1.54) is 0 Å². The van der Waals surface area contributed by atoms with Crippen molar-refractivity contribution in [2.75, 3.05) is 0 Å². The van der Waals surface area contributed by atoms with Crippen LogP contribution in [0, 0.1) is 5.92 Å². The van der Waals surface area contributed by atoms with E-state index < -0.39 is 0 Å². The number of hydrogen-bond donors (Lipinski definition) is 1. The molecule has 2 nitrogen and oxygen atoms in total. The fourth-order valence-corrected chi connectivity index (χ4v) is 1.34. The molecule has 0 amide bonds. The number of aldehydes is 1. The Bertz CT molecular complexity index is 163. The van der Waals surface area contributed by atoms with E-state index in [-0.39, 0.29) is 6.04 Å². The van der Waals surface area contributed by atoms with Gasteiger partial charge < -0.3 is 5.73 Å². The van der Waals surface area contributed by atoms with Crippen molar-refractivity contribution in [1.29, 1.82) is 0 Å². The van der Waals surface area contributed by atoms with Crippen LogP contribution in [-0.4, -0.2) is 12.3 Å². The molecule has 10 heavy (non-hydrogen) atoms. The van der Waals surface area contributed by atoms with Crippen LogP contribution < -0.4 is 5.73 Å². The van der Waals surface area contributed by atoms with Gasteiger partial charge in [-0.25, -0.2) is 0 Å². The van der Waals surface area contributed by atoms with Crippen LogP contribution in [0.2, 0.25) is 0 Å². The normalized spacial score (nSPS) is 33.2.